The van der Waals surface area contributed by atoms with E-state index in [9.17, 15) is 4.79 Å². The van der Waals surface area contributed by atoms with Crippen molar-refractivity contribution in [3.63, 3.8) is 0 Å². The van der Waals surface area contributed by atoms with E-state index in [1.165, 1.54) is 31.4 Å². The number of imidazole rings is 1. The fraction of sp³-hybridized carbons (Fsp3) is 0.650. The van der Waals surface area contributed by atoms with Crippen LogP contribution in [0.1, 0.15) is 61.9 Å². The molecule has 0 radical (unpaired) electrons. The van der Waals surface area contributed by atoms with Gasteiger partial charge < -0.3 is 4.57 Å². The van der Waals surface area contributed by atoms with Gasteiger partial charge in [-0.25, -0.2) is 9.67 Å². The molecule has 0 amide bonds. The third kappa shape index (κ3) is 3.47. The first kappa shape index (κ1) is 16.2. The van der Waals surface area contributed by atoms with Crippen molar-refractivity contribution in [1.29, 1.82) is 0 Å². The Morgan fingerprint density at radius 2 is 1.85 bits per heavy atom. The molecule has 3 heterocycles. The Balaban J connectivity index is 1.18. The van der Waals surface area contributed by atoms with Crippen molar-refractivity contribution in [2.45, 2.75) is 63.6 Å². The van der Waals surface area contributed by atoms with Crippen LogP contribution in [0.5, 0.6) is 0 Å². The summed E-state index contributed by atoms with van der Waals surface area (Å²) in [7, 11) is 0. The minimum absolute atomic E-state index is 0.0464. The Morgan fingerprint density at radius 1 is 1.04 bits per heavy atom. The zero-order valence-corrected chi connectivity index (χ0v) is 15.3. The maximum absolute atomic E-state index is 12.2. The third-order valence-electron chi connectivity index (χ3n) is 6.09. The quantitative estimate of drug-likeness (QED) is 0.801. The first-order chi connectivity index (χ1) is 12.8. The van der Waals surface area contributed by atoms with E-state index in [0.717, 1.165) is 44.7 Å². The molecule has 0 N–H and O–H groups in total. The summed E-state index contributed by atoms with van der Waals surface area (Å²) in [6, 6.07) is 4.32. The maximum atomic E-state index is 12.2. The fourth-order valence-corrected chi connectivity index (χ4v) is 4.13. The highest BCUT2D eigenvalue weighted by Gasteiger charge is 2.28. The summed E-state index contributed by atoms with van der Waals surface area (Å²) in [6.45, 7) is 3.96. The van der Waals surface area contributed by atoms with Crippen molar-refractivity contribution in [1.82, 2.24) is 24.2 Å². The third-order valence-corrected chi connectivity index (χ3v) is 6.09. The van der Waals surface area contributed by atoms with Gasteiger partial charge in [0.15, 0.2) is 0 Å². The molecule has 2 aromatic heterocycles. The molecule has 1 saturated heterocycles. The Kier molecular flexibility index (Phi) is 4.15. The summed E-state index contributed by atoms with van der Waals surface area (Å²) in [5, 5.41) is 4.63. The van der Waals surface area contributed by atoms with Gasteiger partial charge in [0.05, 0.1) is 17.7 Å². The average Bonchev–Trinajstić information content (AvgIpc) is 3.58. The second kappa shape index (κ2) is 6.65. The zero-order chi connectivity index (χ0) is 17.5. The second-order valence-corrected chi connectivity index (χ2v) is 8.30. The van der Waals surface area contributed by atoms with E-state index in [0.29, 0.717) is 17.9 Å². The van der Waals surface area contributed by atoms with Crippen LogP contribution in [0.15, 0.2) is 29.5 Å². The molecule has 26 heavy (non-hydrogen) atoms. The molecule has 0 bridgehead atoms. The lowest BCUT2D eigenvalue weighted by Crippen LogP contribution is -2.37. The number of hydrogen-bond donors (Lipinski definition) is 0. The minimum atomic E-state index is 0.0464. The van der Waals surface area contributed by atoms with Crippen LogP contribution >= 0.6 is 0 Å². The molecule has 0 atom stereocenters. The van der Waals surface area contributed by atoms with Gasteiger partial charge in [0.2, 0.25) is 0 Å². The highest BCUT2D eigenvalue weighted by atomic mass is 16.1. The van der Waals surface area contributed by atoms with Crippen LogP contribution in [0.2, 0.25) is 0 Å². The molecule has 2 aliphatic carbocycles. The summed E-state index contributed by atoms with van der Waals surface area (Å²) in [5.74, 6) is 1.15. The lowest BCUT2D eigenvalue weighted by Gasteiger charge is -2.32. The van der Waals surface area contributed by atoms with Crippen molar-refractivity contribution in [3.05, 3.63) is 46.4 Å². The van der Waals surface area contributed by atoms with Crippen LogP contribution in [-0.2, 0) is 13.1 Å². The average molecular weight is 353 g/mol. The lowest BCUT2D eigenvalue weighted by molar-refractivity contribution is 0.160. The van der Waals surface area contributed by atoms with Crippen LogP contribution in [0, 0.1) is 5.92 Å². The van der Waals surface area contributed by atoms with Gasteiger partial charge in [0.25, 0.3) is 5.56 Å². The van der Waals surface area contributed by atoms with Crippen LogP contribution in [0.3, 0.4) is 0 Å². The van der Waals surface area contributed by atoms with E-state index in [1.54, 1.807) is 10.7 Å². The number of nitrogens with zero attached hydrogens (tertiary/aromatic N) is 5. The Bertz CT molecular complexity index is 825. The number of likely N-dealkylation sites (tertiary alicyclic amines) is 1. The van der Waals surface area contributed by atoms with E-state index in [4.69, 9.17) is 0 Å². The monoisotopic (exact) mass is 353 g/mol. The lowest BCUT2D eigenvalue weighted by atomic mass is 9.96. The molecule has 5 rings (SSSR count). The highest BCUT2D eigenvalue weighted by molar-refractivity contribution is 5.12. The van der Waals surface area contributed by atoms with E-state index in [-0.39, 0.29) is 5.56 Å². The maximum Gasteiger partial charge on any atom is 0.266 e. The van der Waals surface area contributed by atoms with Gasteiger partial charge in [-0.1, -0.05) is 0 Å². The smallest absolute Gasteiger partial charge is 0.266 e. The SMILES string of the molecule is O=c1ccc(C2CC2)nn1CC1CCN(Cc2cncn2C2CC2)CC1. The van der Waals surface area contributed by atoms with Crippen molar-refractivity contribution >= 4 is 0 Å². The summed E-state index contributed by atoms with van der Waals surface area (Å²) < 4.78 is 4.08. The van der Waals surface area contributed by atoms with Crippen LogP contribution in [0.25, 0.3) is 0 Å². The Labute approximate surface area is 153 Å². The molecule has 138 valence electrons. The van der Waals surface area contributed by atoms with Crippen LogP contribution in [0.4, 0.5) is 0 Å². The molecule has 0 spiro atoms. The topological polar surface area (TPSA) is 56.0 Å². The van der Waals surface area contributed by atoms with Crippen molar-refractivity contribution < 1.29 is 0 Å². The van der Waals surface area contributed by atoms with Crippen molar-refractivity contribution in [2.75, 3.05) is 13.1 Å². The molecule has 3 fully saturated rings. The van der Waals surface area contributed by atoms with Gasteiger partial charge in [-0.3, -0.25) is 9.69 Å². The zero-order valence-electron chi connectivity index (χ0n) is 15.3. The first-order valence-corrected chi connectivity index (χ1v) is 10.1. The van der Waals surface area contributed by atoms with Gasteiger partial charge in [0, 0.05) is 37.3 Å². The predicted molar refractivity (Wildman–Crippen MR) is 99.0 cm³/mol. The highest BCUT2D eigenvalue weighted by Crippen LogP contribution is 2.38. The normalized spacial score (nSPS) is 22.0. The molecule has 1 aliphatic heterocycles. The number of hydrogen-bond acceptors (Lipinski definition) is 4. The van der Waals surface area contributed by atoms with E-state index >= 15 is 0 Å². The predicted octanol–water partition coefficient (Wildman–Crippen LogP) is 2.56. The summed E-state index contributed by atoms with van der Waals surface area (Å²) in [6.07, 6.45) is 11.3. The number of aromatic nitrogens is 4. The standard InChI is InChI=1S/C20H27N5O/c26-20-6-5-19(16-1-2-16)22-25(20)12-15-7-9-23(10-8-15)13-18-11-21-14-24(18)17-3-4-17/h5-6,11,14-17H,1-4,7-10,12-13H2. The van der Waals surface area contributed by atoms with Gasteiger partial charge in [-0.15, -0.1) is 0 Å². The Morgan fingerprint density at radius 3 is 2.58 bits per heavy atom. The summed E-state index contributed by atoms with van der Waals surface area (Å²) >= 11 is 0. The first-order valence-electron chi connectivity index (χ1n) is 10.1. The molecule has 3 aliphatic rings. The molecule has 0 aromatic carbocycles. The fourth-order valence-electron chi connectivity index (χ4n) is 4.13. The summed E-state index contributed by atoms with van der Waals surface area (Å²) in [5.41, 5.74) is 2.50. The molecule has 0 unspecified atom stereocenters. The van der Waals surface area contributed by atoms with E-state index in [2.05, 4.69) is 19.5 Å². The van der Waals surface area contributed by atoms with Crippen molar-refractivity contribution in [2.24, 2.45) is 5.92 Å². The molecule has 6 heteroatoms. The molecule has 2 saturated carbocycles. The Hall–Kier alpha value is -1.95. The van der Waals surface area contributed by atoms with Gasteiger partial charge in [-0.05, 0) is 63.6 Å². The van der Waals surface area contributed by atoms with Gasteiger partial charge in [-0.2, -0.15) is 5.10 Å². The molecular formula is C20H27N5O. The van der Waals surface area contributed by atoms with E-state index in [1.807, 2.05) is 18.6 Å². The van der Waals surface area contributed by atoms with E-state index < -0.39 is 0 Å². The second-order valence-electron chi connectivity index (χ2n) is 8.30. The number of piperidine rings is 1. The van der Waals surface area contributed by atoms with Gasteiger partial charge in [0.1, 0.15) is 0 Å². The molecular weight excluding hydrogens is 326 g/mol. The minimum Gasteiger partial charge on any atom is -0.330 e. The summed E-state index contributed by atoms with van der Waals surface area (Å²) in [4.78, 5) is 19.0. The number of rotatable bonds is 6. The largest absolute Gasteiger partial charge is 0.330 e. The molecule has 6 nitrogen and oxygen atoms in total. The molecule has 2 aromatic rings. The van der Waals surface area contributed by atoms with Crippen LogP contribution in [-0.4, -0.2) is 37.3 Å². The van der Waals surface area contributed by atoms with Gasteiger partial charge >= 0.3 is 0 Å². The van der Waals surface area contributed by atoms with Crippen LogP contribution < -0.4 is 5.56 Å². The van der Waals surface area contributed by atoms with Crippen molar-refractivity contribution in [3.8, 4) is 0 Å².